The Labute approximate surface area is 108 Å². The fraction of sp³-hybridized carbons (Fsp3) is 0.875. The first-order chi connectivity index (χ1) is 8.32. The van der Waals surface area contributed by atoms with Crippen molar-refractivity contribution in [3.63, 3.8) is 0 Å². The lowest BCUT2D eigenvalue weighted by atomic mass is 9.85. The van der Waals surface area contributed by atoms with Gasteiger partial charge in [-0.15, -0.1) is 0 Å². The van der Waals surface area contributed by atoms with Gasteiger partial charge in [-0.1, -0.05) is 6.92 Å². The highest BCUT2D eigenvalue weighted by molar-refractivity contribution is 7.86. The molecular formula is C8H15F3N2O5S. The molecule has 0 amide bonds. The molecular weight excluding hydrogens is 293 g/mol. The Morgan fingerprint density at radius 3 is 2.05 bits per heavy atom. The Morgan fingerprint density at radius 1 is 1.47 bits per heavy atom. The highest BCUT2D eigenvalue weighted by atomic mass is 32.2. The molecule has 0 atom stereocenters. The molecule has 19 heavy (non-hydrogen) atoms. The van der Waals surface area contributed by atoms with Gasteiger partial charge in [-0.3, -0.25) is 0 Å². The molecule has 0 spiro atoms. The number of hydrogen-bond acceptors (Lipinski definition) is 4. The number of ether oxygens (including phenoxy) is 1. The maximum Gasteiger partial charge on any atom is 0.490 e. The Balaban J connectivity index is 0.000000399. The second-order valence-corrected chi connectivity index (χ2v) is 5.91. The van der Waals surface area contributed by atoms with E-state index in [2.05, 4.69) is 0 Å². The van der Waals surface area contributed by atoms with E-state index in [0.717, 1.165) is 0 Å². The first-order valence-corrected chi connectivity index (χ1v) is 6.39. The second kappa shape index (κ2) is 6.03. The van der Waals surface area contributed by atoms with E-state index < -0.39 is 22.4 Å². The molecule has 0 saturated carbocycles. The van der Waals surface area contributed by atoms with Crippen molar-refractivity contribution in [2.45, 2.75) is 13.1 Å². The number of aliphatic carboxylic acids is 1. The average molecular weight is 308 g/mol. The van der Waals surface area contributed by atoms with Gasteiger partial charge >= 0.3 is 12.1 Å². The molecule has 0 aromatic heterocycles. The molecule has 0 aromatic carbocycles. The molecule has 114 valence electrons. The highest BCUT2D eigenvalue weighted by Crippen LogP contribution is 2.30. The quantitative estimate of drug-likeness (QED) is 0.749. The van der Waals surface area contributed by atoms with Gasteiger partial charge < -0.3 is 9.84 Å². The molecule has 1 saturated heterocycles. The molecule has 7 nitrogen and oxygen atoms in total. The van der Waals surface area contributed by atoms with E-state index in [1.807, 2.05) is 6.92 Å². The first kappa shape index (κ1) is 18.1. The first-order valence-electron chi connectivity index (χ1n) is 4.89. The van der Waals surface area contributed by atoms with Crippen molar-refractivity contribution in [3.8, 4) is 0 Å². The van der Waals surface area contributed by atoms with Crippen LogP contribution in [0.3, 0.4) is 0 Å². The lowest BCUT2D eigenvalue weighted by Gasteiger charge is -2.45. The van der Waals surface area contributed by atoms with Crippen molar-refractivity contribution in [1.82, 2.24) is 4.31 Å². The lowest BCUT2D eigenvalue weighted by Crippen LogP contribution is -2.60. The van der Waals surface area contributed by atoms with Gasteiger partial charge in [0.05, 0.1) is 6.61 Å². The van der Waals surface area contributed by atoms with Crippen LogP contribution in [0.4, 0.5) is 13.2 Å². The number of alkyl halides is 3. The molecule has 1 heterocycles. The van der Waals surface area contributed by atoms with Gasteiger partial charge in [0.15, 0.2) is 0 Å². The van der Waals surface area contributed by atoms with Crippen molar-refractivity contribution >= 4 is 16.2 Å². The number of nitrogens with two attached hydrogens (primary N) is 1. The number of carboxylic acid groups (broad SMARTS) is 1. The predicted octanol–water partition coefficient (Wildman–Crippen LogP) is -0.208. The van der Waals surface area contributed by atoms with Crippen molar-refractivity contribution in [1.29, 1.82) is 0 Å². The largest absolute Gasteiger partial charge is 0.490 e. The summed E-state index contributed by atoms with van der Waals surface area (Å²) in [5, 5.41) is 12.0. The van der Waals surface area contributed by atoms with Crippen LogP contribution in [-0.4, -0.2) is 56.8 Å². The molecule has 1 aliphatic rings. The molecule has 3 N–H and O–H groups in total. The minimum absolute atomic E-state index is 0.0544. The SMILES string of the molecule is COCC1(C)CN(S(N)(=O)=O)C1.O=C(O)C(F)(F)F. The van der Waals surface area contributed by atoms with Crippen LogP contribution in [0.25, 0.3) is 0 Å². The minimum atomic E-state index is -5.08. The maximum absolute atomic E-state index is 10.8. The van der Waals surface area contributed by atoms with Crippen LogP contribution in [0.5, 0.6) is 0 Å². The molecule has 0 radical (unpaired) electrons. The molecule has 0 unspecified atom stereocenters. The molecule has 11 heteroatoms. The summed E-state index contributed by atoms with van der Waals surface area (Å²) < 4.78 is 59.5. The molecule has 1 aliphatic heterocycles. The highest BCUT2D eigenvalue weighted by Gasteiger charge is 2.43. The van der Waals surface area contributed by atoms with Gasteiger partial charge in [-0.05, 0) is 0 Å². The van der Waals surface area contributed by atoms with Crippen LogP contribution in [-0.2, 0) is 19.7 Å². The normalized spacial score (nSPS) is 19.1. The van der Waals surface area contributed by atoms with Crippen molar-refractivity contribution in [2.75, 3.05) is 26.8 Å². The van der Waals surface area contributed by atoms with Crippen molar-refractivity contribution in [2.24, 2.45) is 10.6 Å². The molecule has 0 aromatic rings. The monoisotopic (exact) mass is 308 g/mol. The number of nitrogens with zero attached hydrogens (tertiary/aromatic N) is 1. The lowest BCUT2D eigenvalue weighted by molar-refractivity contribution is -0.192. The standard InChI is InChI=1S/C6H14N2O3S.C2HF3O2/c1-6(5-11-2)3-8(4-6)12(7,9)10;3-2(4,5)1(6)7/h3-5H2,1-2H3,(H2,7,9,10);(H,6,7). The third-order valence-corrected chi connectivity index (χ3v) is 3.19. The van der Waals surface area contributed by atoms with E-state index in [9.17, 15) is 21.6 Å². The maximum atomic E-state index is 10.8. The van der Waals surface area contributed by atoms with Crippen LogP contribution in [0.2, 0.25) is 0 Å². The van der Waals surface area contributed by atoms with Gasteiger partial charge in [0.2, 0.25) is 0 Å². The Bertz CT molecular complexity index is 417. The second-order valence-electron chi connectivity index (χ2n) is 4.36. The summed E-state index contributed by atoms with van der Waals surface area (Å²) in [5.41, 5.74) is -0.0544. The van der Waals surface area contributed by atoms with Crippen LogP contribution in [0, 0.1) is 5.41 Å². The zero-order valence-electron chi connectivity index (χ0n) is 10.3. The fourth-order valence-corrected chi connectivity index (χ4v) is 2.41. The summed E-state index contributed by atoms with van der Waals surface area (Å²) in [6.07, 6.45) is -5.08. The van der Waals surface area contributed by atoms with Crippen LogP contribution in [0.1, 0.15) is 6.92 Å². The number of rotatable bonds is 3. The summed E-state index contributed by atoms with van der Waals surface area (Å²) in [6.45, 7) is 3.45. The summed E-state index contributed by atoms with van der Waals surface area (Å²) in [5.74, 6) is -2.76. The number of carbonyl (C=O) groups is 1. The third kappa shape index (κ3) is 6.18. The van der Waals surface area contributed by atoms with Gasteiger partial charge in [-0.2, -0.15) is 25.9 Å². The third-order valence-electron chi connectivity index (χ3n) is 2.21. The van der Waals surface area contributed by atoms with Gasteiger partial charge in [-0.25, -0.2) is 9.93 Å². The van der Waals surface area contributed by atoms with Crippen LogP contribution in [0.15, 0.2) is 0 Å². The van der Waals surface area contributed by atoms with E-state index in [-0.39, 0.29) is 5.41 Å². The van der Waals surface area contributed by atoms with Crippen LogP contribution >= 0.6 is 0 Å². The molecule has 1 fully saturated rings. The average Bonchev–Trinajstić information content (AvgIpc) is 2.12. The van der Waals surface area contributed by atoms with Crippen molar-refractivity contribution < 1.29 is 36.2 Å². The summed E-state index contributed by atoms with van der Waals surface area (Å²) >= 11 is 0. The molecule has 1 rings (SSSR count). The summed E-state index contributed by atoms with van der Waals surface area (Å²) in [6, 6.07) is 0. The van der Waals surface area contributed by atoms with E-state index in [1.54, 1.807) is 7.11 Å². The van der Waals surface area contributed by atoms with Gasteiger partial charge in [0.1, 0.15) is 0 Å². The smallest absolute Gasteiger partial charge is 0.475 e. The Morgan fingerprint density at radius 2 is 1.84 bits per heavy atom. The predicted molar refractivity (Wildman–Crippen MR) is 58.4 cm³/mol. The zero-order chi connectivity index (χ0) is 15.5. The number of hydrogen-bond donors (Lipinski definition) is 2. The number of carboxylic acids is 1. The Hall–Kier alpha value is -0.910. The Kier molecular flexibility index (Phi) is 5.74. The van der Waals surface area contributed by atoms with E-state index in [0.29, 0.717) is 19.7 Å². The molecule has 0 bridgehead atoms. The summed E-state index contributed by atoms with van der Waals surface area (Å²) in [4.78, 5) is 8.90. The van der Waals surface area contributed by atoms with Gasteiger partial charge in [0, 0.05) is 25.6 Å². The number of methoxy groups -OCH3 is 1. The fourth-order valence-electron chi connectivity index (χ4n) is 1.42. The number of halogens is 3. The van der Waals surface area contributed by atoms with E-state index in [4.69, 9.17) is 19.8 Å². The molecule has 0 aliphatic carbocycles. The summed E-state index contributed by atoms with van der Waals surface area (Å²) in [7, 11) is -1.88. The van der Waals surface area contributed by atoms with Crippen LogP contribution < -0.4 is 5.14 Å². The van der Waals surface area contributed by atoms with Crippen molar-refractivity contribution in [3.05, 3.63) is 0 Å². The van der Waals surface area contributed by atoms with Gasteiger partial charge in [0.25, 0.3) is 10.2 Å². The zero-order valence-corrected chi connectivity index (χ0v) is 11.1. The van der Waals surface area contributed by atoms with E-state index in [1.165, 1.54) is 4.31 Å². The van der Waals surface area contributed by atoms with E-state index >= 15 is 0 Å². The topological polar surface area (TPSA) is 110 Å². The minimum Gasteiger partial charge on any atom is -0.475 e.